The number of imidazole rings is 1. The van der Waals surface area contributed by atoms with E-state index in [0.717, 1.165) is 6.42 Å². The molecule has 0 aliphatic carbocycles. The Labute approximate surface area is 126 Å². The highest BCUT2D eigenvalue weighted by Crippen LogP contribution is 2.22. The zero-order valence-corrected chi connectivity index (χ0v) is 12.2. The van der Waals surface area contributed by atoms with Gasteiger partial charge in [-0.1, -0.05) is 0 Å². The molecule has 1 unspecified atom stereocenters. The van der Waals surface area contributed by atoms with Crippen LogP contribution in [-0.4, -0.2) is 57.0 Å². The normalized spacial score (nSPS) is 21.6. The van der Waals surface area contributed by atoms with Gasteiger partial charge in [-0.05, 0) is 11.6 Å². The molecule has 2 aromatic rings. The predicted octanol–water partition coefficient (Wildman–Crippen LogP) is 0.928. The van der Waals surface area contributed by atoms with E-state index in [-0.39, 0.29) is 10.9 Å². The standard InChI is InChI=1S/C12H15ClN6O2/c1-20-12(2-5-21-7-12)6-15-10-16-9(13)17-11(18-10)19-4-3-14-8-19/h3-4,8H,2,5-7H2,1H3,(H,15,16,17,18). The number of halogens is 1. The summed E-state index contributed by atoms with van der Waals surface area (Å²) in [6, 6.07) is 0. The number of ether oxygens (including phenoxy) is 2. The summed E-state index contributed by atoms with van der Waals surface area (Å²) in [6.07, 6.45) is 5.79. The fourth-order valence-corrected chi connectivity index (χ4v) is 2.27. The highest BCUT2D eigenvalue weighted by molar-refractivity contribution is 6.28. The second kappa shape index (κ2) is 5.92. The van der Waals surface area contributed by atoms with Crippen molar-refractivity contribution in [3.8, 4) is 5.95 Å². The maximum Gasteiger partial charge on any atom is 0.241 e. The van der Waals surface area contributed by atoms with Gasteiger partial charge in [0.2, 0.25) is 17.2 Å². The Kier molecular flexibility index (Phi) is 4.00. The fourth-order valence-electron chi connectivity index (χ4n) is 2.11. The summed E-state index contributed by atoms with van der Waals surface area (Å²) in [4.78, 5) is 16.4. The lowest BCUT2D eigenvalue weighted by Gasteiger charge is -2.25. The molecule has 1 aliphatic rings. The van der Waals surface area contributed by atoms with Gasteiger partial charge in [-0.15, -0.1) is 0 Å². The molecule has 1 atom stereocenters. The molecule has 0 radical (unpaired) electrons. The van der Waals surface area contributed by atoms with Crippen LogP contribution in [0.15, 0.2) is 18.7 Å². The van der Waals surface area contributed by atoms with Crippen molar-refractivity contribution < 1.29 is 9.47 Å². The van der Waals surface area contributed by atoms with Crippen LogP contribution >= 0.6 is 11.6 Å². The zero-order chi connectivity index (χ0) is 14.7. The molecular weight excluding hydrogens is 296 g/mol. The van der Waals surface area contributed by atoms with E-state index in [9.17, 15) is 0 Å². The van der Waals surface area contributed by atoms with Crippen molar-refractivity contribution in [3.63, 3.8) is 0 Å². The predicted molar refractivity (Wildman–Crippen MR) is 75.6 cm³/mol. The third-order valence-corrected chi connectivity index (χ3v) is 3.57. The lowest BCUT2D eigenvalue weighted by molar-refractivity contribution is -0.00631. The van der Waals surface area contributed by atoms with Gasteiger partial charge in [-0.2, -0.15) is 15.0 Å². The number of aromatic nitrogens is 5. The molecule has 0 amide bonds. The van der Waals surface area contributed by atoms with Crippen molar-refractivity contribution in [3.05, 3.63) is 24.0 Å². The van der Waals surface area contributed by atoms with Gasteiger partial charge in [0.15, 0.2) is 0 Å². The van der Waals surface area contributed by atoms with Crippen molar-refractivity contribution in [1.29, 1.82) is 0 Å². The third-order valence-electron chi connectivity index (χ3n) is 3.40. The molecule has 0 saturated carbocycles. The number of rotatable bonds is 5. The number of nitrogens with one attached hydrogen (secondary N) is 1. The van der Waals surface area contributed by atoms with Crippen molar-refractivity contribution in [2.75, 3.05) is 32.2 Å². The molecule has 8 nitrogen and oxygen atoms in total. The number of nitrogens with zero attached hydrogens (tertiary/aromatic N) is 5. The van der Waals surface area contributed by atoms with Crippen molar-refractivity contribution in [2.24, 2.45) is 0 Å². The molecule has 1 aliphatic heterocycles. The van der Waals surface area contributed by atoms with Gasteiger partial charge in [-0.25, -0.2) is 4.98 Å². The summed E-state index contributed by atoms with van der Waals surface area (Å²) in [7, 11) is 1.67. The zero-order valence-electron chi connectivity index (χ0n) is 11.5. The van der Waals surface area contributed by atoms with Crippen LogP contribution in [0.5, 0.6) is 0 Å². The van der Waals surface area contributed by atoms with Gasteiger partial charge in [0.1, 0.15) is 11.9 Å². The van der Waals surface area contributed by atoms with Gasteiger partial charge in [0.25, 0.3) is 0 Å². The van der Waals surface area contributed by atoms with Crippen molar-refractivity contribution in [2.45, 2.75) is 12.0 Å². The highest BCUT2D eigenvalue weighted by atomic mass is 35.5. The van der Waals surface area contributed by atoms with Gasteiger partial charge in [0.05, 0.1) is 6.61 Å². The first-order chi connectivity index (χ1) is 10.2. The first kappa shape index (κ1) is 14.2. The molecule has 112 valence electrons. The topological polar surface area (TPSA) is 87.0 Å². The minimum atomic E-state index is -0.353. The van der Waals surface area contributed by atoms with Crippen LogP contribution in [0, 0.1) is 0 Å². The summed E-state index contributed by atoms with van der Waals surface area (Å²) in [6.45, 7) is 1.77. The molecule has 1 fully saturated rings. The number of hydrogen-bond donors (Lipinski definition) is 1. The third kappa shape index (κ3) is 3.12. The van der Waals surface area contributed by atoms with E-state index < -0.39 is 0 Å². The summed E-state index contributed by atoms with van der Waals surface area (Å²) < 4.78 is 12.6. The van der Waals surface area contributed by atoms with E-state index in [1.807, 2.05) is 0 Å². The molecule has 9 heteroatoms. The van der Waals surface area contributed by atoms with E-state index in [4.69, 9.17) is 21.1 Å². The first-order valence-corrected chi connectivity index (χ1v) is 6.85. The van der Waals surface area contributed by atoms with E-state index in [2.05, 4.69) is 25.3 Å². The van der Waals surface area contributed by atoms with Crippen LogP contribution in [-0.2, 0) is 9.47 Å². The Morgan fingerprint density at radius 3 is 3.05 bits per heavy atom. The van der Waals surface area contributed by atoms with Crippen LogP contribution < -0.4 is 5.32 Å². The second-order valence-electron chi connectivity index (χ2n) is 4.74. The Morgan fingerprint density at radius 2 is 2.38 bits per heavy atom. The SMILES string of the molecule is COC1(CNc2nc(Cl)nc(-n3ccnc3)n2)CCOC1. The molecule has 21 heavy (non-hydrogen) atoms. The Bertz CT molecular complexity index is 600. The molecule has 0 aromatic carbocycles. The van der Waals surface area contributed by atoms with E-state index in [1.54, 1.807) is 30.4 Å². The molecule has 2 aromatic heterocycles. The maximum atomic E-state index is 5.94. The number of anilines is 1. The fraction of sp³-hybridized carbons (Fsp3) is 0.500. The molecule has 3 rings (SSSR count). The minimum absolute atomic E-state index is 0.116. The average molecular weight is 311 g/mol. The van der Waals surface area contributed by atoms with Gasteiger partial charge < -0.3 is 14.8 Å². The number of methoxy groups -OCH3 is 1. The van der Waals surface area contributed by atoms with E-state index in [1.165, 1.54) is 0 Å². The lowest BCUT2D eigenvalue weighted by Crippen LogP contribution is -2.40. The van der Waals surface area contributed by atoms with E-state index >= 15 is 0 Å². The maximum absolute atomic E-state index is 5.94. The average Bonchev–Trinajstić information content (AvgIpc) is 3.17. The summed E-state index contributed by atoms with van der Waals surface area (Å²) >= 11 is 5.94. The van der Waals surface area contributed by atoms with Crippen LogP contribution in [0.4, 0.5) is 5.95 Å². The second-order valence-corrected chi connectivity index (χ2v) is 5.08. The lowest BCUT2D eigenvalue weighted by atomic mass is 10.0. The van der Waals surface area contributed by atoms with Crippen molar-refractivity contribution >= 4 is 17.5 Å². The van der Waals surface area contributed by atoms with Crippen molar-refractivity contribution in [1.82, 2.24) is 24.5 Å². The van der Waals surface area contributed by atoms with Crippen LogP contribution in [0.1, 0.15) is 6.42 Å². The molecule has 1 N–H and O–H groups in total. The summed E-state index contributed by atoms with van der Waals surface area (Å²) in [5.41, 5.74) is -0.353. The van der Waals surface area contributed by atoms with E-state index in [0.29, 0.717) is 31.7 Å². The Hall–Kier alpha value is -1.77. The molecule has 0 bridgehead atoms. The molecular formula is C12H15ClN6O2. The van der Waals surface area contributed by atoms with Crippen LogP contribution in [0.3, 0.4) is 0 Å². The largest absolute Gasteiger partial charge is 0.378 e. The molecule has 0 spiro atoms. The van der Waals surface area contributed by atoms with Crippen LogP contribution in [0.25, 0.3) is 5.95 Å². The minimum Gasteiger partial charge on any atom is -0.378 e. The van der Waals surface area contributed by atoms with Gasteiger partial charge in [-0.3, -0.25) is 4.57 Å². The number of hydrogen-bond acceptors (Lipinski definition) is 7. The monoisotopic (exact) mass is 310 g/mol. The molecule has 3 heterocycles. The van der Waals surface area contributed by atoms with Crippen LogP contribution in [0.2, 0.25) is 5.28 Å². The smallest absolute Gasteiger partial charge is 0.241 e. The first-order valence-electron chi connectivity index (χ1n) is 6.47. The van der Waals surface area contributed by atoms with Gasteiger partial charge in [0, 0.05) is 39.1 Å². The van der Waals surface area contributed by atoms with Gasteiger partial charge >= 0.3 is 0 Å². The highest BCUT2D eigenvalue weighted by Gasteiger charge is 2.35. The summed E-state index contributed by atoms with van der Waals surface area (Å²) in [5, 5.41) is 3.25. The quantitative estimate of drug-likeness (QED) is 0.879. The summed E-state index contributed by atoms with van der Waals surface area (Å²) in [5.74, 6) is 0.797. The Balaban J connectivity index is 1.76. The Morgan fingerprint density at radius 1 is 1.48 bits per heavy atom. The molecule has 1 saturated heterocycles.